The molecule has 2 aromatic carbocycles. The molecule has 1 unspecified atom stereocenters. The Labute approximate surface area is 158 Å². The first-order valence-electron chi connectivity index (χ1n) is 8.46. The van der Waals surface area contributed by atoms with Crippen LogP contribution in [0.25, 0.3) is 0 Å². The van der Waals surface area contributed by atoms with Gasteiger partial charge >= 0.3 is 0 Å². The van der Waals surface area contributed by atoms with Gasteiger partial charge in [0, 0.05) is 23.6 Å². The quantitative estimate of drug-likeness (QED) is 0.752. The molecule has 1 amide bonds. The summed E-state index contributed by atoms with van der Waals surface area (Å²) in [6, 6.07) is 14.5. The lowest BCUT2D eigenvalue weighted by atomic mass is 9.93. The first-order chi connectivity index (χ1) is 12.4. The van der Waals surface area contributed by atoms with Crippen molar-refractivity contribution in [2.75, 3.05) is 5.32 Å². The van der Waals surface area contributed by atoms with Gasteiger partial charge in [-0.3, -0.25) is 9.59 Å². The van der Waals surface area contributed by atoms with E-state index >= 15 is 0 Å². The van der Waals surface area contributed by atoms with Crippen LogP contribution in [0.2, 0.25) is 5.02 Å². The highest BCUT2D eigenvalue weighted by molar-refractivity contribution is 6.30. The molecule has 0 aliphatic heterocycles. The number of halogens is 1. The van der Waals surface area contributed by atoms with E-state index < -0.39 is 5.92 Å². The zero-order chi connectivity index (χ0) is 19.1. The van der Waals surface area contributed by atoms with Gasteiger partial charge in [0.2, 0.25) is 5.91 Å². The fourth-order valence-corrected chi connectivity index (χ4v) is 2.89. The molecule has 0 saturated heterocycles. The minimum Gasteiger partial charge on any atom is -0.326 e. The summed E-state index contributed by atoms with van der Waals surface area (Å²) in [7, 11) is 0. The molecular weight excluding hydrogens is 348 g/mol. The Bertz CT molecular complexity index is 818. The van der Waals surface area contributed by atoms with E-state index in [1.165, 1.54) is 0 Å². The van der Waals surface area contributed by atoms with E-state index in [4.69, 9.17) is 11.6 Å². The van der Waals surface area contributed by atoms with Gasteiger partial charge in [0.15, 0.2) is 5.78 Å². The Hall–Kier alpha value is -2.64. The Balaban J connectivity index is 1.88. The summed E-state index contributed by atoms with van der Waals surface area (Å²) in [5.74, 6) is -1.14. The number of benzene rings is 2. The highest BCUT2D eigenvalue weighted by Gasteiger charge is 2.20. The fourth-order valence-electron chi connectivity index (χ4n) is 2.77. The fraction of sp³-hybridized carbons (Fsp3) is 0.286. The van der Waals surface area contributed by atoms with Gasteiger partial charge in [-0.25, -0.2) is 0 Å². The molecule has 5 heteroatoms. The average Bonchev–Trinajstić information content (AvgIpc) is 2.60. The molecule has 2 aromatic rings. The molecular formula is C21H21ClN2O2. The van der Waals surface area contributed by atoms with E-state index in [0.29, 0.717) is 17.0 Å². The van der Waals surface area contributed by atoms with Crippen molar-refractivity contribution in [2.45, 2.75) is 39.0 Å². The summed E-state index contributed by atoms with van der Waals surface area (Å²) in [6.07, 6.45) is 0.820. The molecule has 0 heterocycles. The summed E-state index contributed by atoms with van der Waals surface area (Å²) >= 11 is 5.83. The van der Waals surface area contributed by atoms with E-state index in [-0.39, 0.29) is 24.5 Å². The first kappa shape index (κ1) is 19.7. The van der Waals surface area contributed by atoms with Crippen LogP contribution in [0.4, 0.5) is 5.69 Å². The third kappa shape index (κ3) is 5.18. The smallest absolute Gasteiger partial charge is 0.224 e. The summed E-state index contributed by atoms with van der Waals surface area (Å²) < 4.78 is 0. The average molecular weight is 369 g/mol. The van der Waals surface area contributed by atoms with Crippen LogP contribution in [0.1, 0.15) is 41.9 Å². The second kappa shape index (κ2) is 9.17. The van der Waals surface area contributed by atoms with E-state index in [2.05, 4.69) is 5.32 Å². The lowest BCUT2D eigenvalue weighted by Crippen LogP contribution is -2.15. The summed E-state index contributed by atoms with van der Waals surface area (Å²) in [5.41, 5.74) is 3.45. The van der Waals surface area contributed by atoms with E-state index in [9.17, 15) is 14.9 Å². The zero-order valence-electron chi connectivity index (χ0n) is 14.9. The number of nitriles is 1. The topological polar surface area (TPSA) is 70.0 Å². The van der Waals surface area contributed by atoms with E-state index in [0.717, 1.165) is 16.8 Å². The lowest BCUT2D eigenvalue weighted by molar-refractivity contribution is -0.119. The summed E-state index contributed by atoms with van der Waals surface area (Å²) in [5, 5.41) is 12.8. The number of hydrogen-bond donors (Lipinski definition) is 1. The van der Waals surface area contributed by atoms with Crippen molar-refractivity contribution in [2.24, 2.45) is 0 Å². The van der Waals surface area contributed by atoms with Gasteiger partial charge in [0.05, 0.1) is 6.07 Å². The number of nitrogens with zero attached hydrogens (tertiary/aromatic N) is 1. The van der Waals surface area contributed by atoms with Crippen LogP contribution in [0.3, 0.4) is 0 Å². The molecule has 134 valence electrons. The monoisotopic (exact) mass is 368 g/mol. The molecule has 0 aliphatic rings. The Morgan fingerprint density at radius 3 is 2.27 bits per heavy atom. The number of anilines is 1. The molecule has 1 N–H and O–H groups in total. The van der Waals surface area contributed by atoms with Crippen molar-refractivity contribution in [1.29, 1.82) is 5.26 Å². The maximum absolute atomic E-state index is 12.3. The van der Waals surface area contributed by atoms with Crippen LogP contribution in [0.5, 0.6) is 0 Å². The minimum absolute atomic E-state index is 0.129. The largest absolute Gasteiger partial charge is 0.326 e. The number of amides is 1. The standard InChI is InChI=1S/C21H21ClN2O2/c1-14-5-3-6-15(2)21(14)24-20(26)8-4-7-19(25)18(13-23)16-9-11-17(22)12-10-16/h3,5-6,9-12,18H,4,7-8H2,1-2H3,(H,24,26). The second-order valence-corrected chi connectivity index (χ2v) is 6.68. The molecule has 0 fully saturated rings. The molecule has 0 saturated carbocycles. The van der Waals surface area contributed by atoms with Gasteiger partial charge in [-0.2, -0.15) is 5.26 Å². The van der Waals surface area contributed by atoms with Crippen molar-refractivity contribution in [1.82, 2.24) is 0 Å². The lowest BCUT2D eigenvalue weighted by Gasteiger charge is -2.12. The van der Waals surface area contributed by atoms with Crippen molar-refractivity contribution in [3.8, 4) is 6.07 Å². The summed E-state index contributed by atoms with van der Waals surface area (Å²) in [4.78, 5) is 24.5. The highest BCUT2D eigenvalue weighted by Crippen LogP contribution is 2.22. The SMILES string of the molecule is Cc1cccc(C)c1NC(=O)CCCC(=O)C(C#N)c1ccc(Cl)cc1. The van der Waals surface area contributed by atoms with Crippen molar-refractivity contribution < 1.29 is 9.59 Å². The van der Waals surface area contributed by atoms with Crippen LogP contribution in [-0.4, -0.2) is 11.7 Å². The Kier molecular flexibility index (Phi) is 6.94. The molecule has 0 aromatic heterocycles. The molecule has 2 rings (SSSR count). The van der Waals surface area contributed by atoms with E-state index in [1.807, 2.05) is 38.1 Å². The van der Waals surface area contributed by atoms with E-state index in [1.54, 1.807) is 24.3 Å². The second-order valence-electron chi connectivity index (χ2n) is 6.25. The van der Waals surface area contributed by atoms with Crippen LogP contribution >= 0.6 is 11.6 Å². The molecule has 26 heavy (non-hydrogen) atoms. The van der Waals surface area contributed by atoms with Gasteiger partial charge in [0.25, 0.3) is 0 Å². The zero-order valence-corrected chi connectivity index (χ0v) is 15.6. The number of hydrogen-bond acceptors (Lipinski definition) is 3. The molecule has 0 spiro atoms. The maximum Gasteiger partial charge on any atom is 0.224 e. The van der Waals surface area contributed by atoms with Crippen molar-refractivity contribution >= 4 is 29.0 Å². The van der Waals surface area contributed by atoms with Crippen molar-refractivity contribution in [3.05, 3.63) is 64.2 Å². The molecule has 0 bridgehead atoms. The number of carbonyl (C=O) groups is 2. The van der Waals surface area contributed by atoms with Crippen LogP contribution in [0, 0.1) is 25.2 Å². The normalized spacial score (nSPS) is 11.5. The molecule has 0 aliphatic carbocycles. The number of aryl methyl sites for hydroxylation is 2. The Morgan fingerprint density at radius 1 is 1.08 bits per heavy atom. The van der Waals surface area contributed by atoms with Crippen LogP contribution in [0.15, 0.2) is 42.5 Å². The number of rotatable bonds is 7. The van der Waals surface area contributed by atoms with Crippen molar-refractivity contribution in [3.63, 3.8) is 0 Å². The third-order valence-corrected chi connectivity index (χ3v) is 4.48. The van der Waals surface area contributed by atoms with Gasteiger partial charge < -0.3 is 5.32 Å². The first-order valence-corrected chi connectivity index (χ1v) is 8.84. The van der Waals surface area contributed by atoms with Gasteiger partial charge in [-0.1, -0.05) is 41.9 Å². The van der Waals surface area contributed by atoms with Gasteiger partial charge in [0.1, 0.15) is 5.92 Å². The number of Topliss-reactive ketones (excluding diaryl/α,β-unsaturated/α-hetero) is 1. The predicted octanol–water partition coefficient (Wildman–Crippen LogP) is 4.94. The highest BCUT2D eigenvalue weighted by atomic mass is 35.5. The number of para-hydroxylation sites is 1. The molecule has 0 radical (unpaired) electrons. The number of nitrogens with one attached hydrogen (secondary N) is 1. The minimum atomic E-state index is -0.825. The van der Waals surface area contributed by atoms with Gasteiger partial charge in [-0.05, 0) is 49.1 Å². The number of ketones is 1. The van der Waals surface area contributed by atoms with Crippen LogP contribution in [-0.2, 0) is 9.59 Å². The maximum atomic E-state index is 12.3. The van der Waals surface area contributed by atoms with Gasteiger partial charge in [-0.15, -0.1) is 0 Å². The predicted molar refractivity (Wildman–Crippen MR) is 103 cm³/mol. The Morgan fingerprint density at radius 2 is 1.69 bits per heavy atom. The summed E-state index contributed by atoms with van der Waals surface area (Å²) in [6.45, 7) is 3.88. The number of carbonyl (C=O) groups excluding carboxylic acids is 2. The molecule has 1 atom stereocenters. The molecule has 4 nitrogen and oxygen atoms in total. The van der Waals surface area contributed by atoms with Crippen LogP contribution < -0.4 is 5.32 Å². The third-order valence-electron chi connectivity index (χ3n) is 4.23.